The molecular formula is C31H30N8O5. The quantitative estimate of drug-likeness (QED) is 0.263. The van der Waals surface area contributed by atoms with Gasteiger partial charge >= 0.3 is 0 Å². The minimum atomic E-state index is -0.405. The number of ether oxygens (including phenoxy) is 2. The second kappa shape index (κ2) is 11.6. The van der Waals surface area contributed by atoms with E-state index in [0.717, 1.165) is 16.8 Å². The van der Waals surface area contributed by atoms with E-state index in [9.17, 15) is 14.7 Å². The van der Waals surface area contributed by atoms with Crippen molar-refractivity contribution in [2.45, 2.75) is 25.7 Å². The Bertz CT molecular complexity index is 1880. The highest BCUT2D eigenvalue weighted by molar-refractivity contribution is 6.00. The van der Waals surface area contributed by atoms with Crippen LogP contribution in [0.15, 0.2) is 55.1 Å². The molecule has 13 heteroatoms. The molecule has 0 bridgehead atoms. The van der Waals surface area contributed by atoms with Crippen LogP contribution >= 0.6 is 0 Å². The topological polar surface area (TPSA) is 171 Å². The molecule has 5 aromatic rings. The molecule has 0 spiro atoms. The molecule has 0 saturated carbocycles. The minimum Gasteiger partial charge on any atom is -0.493 e. The van der Waals surface area contributed by atoms with Crippen molar-refractivity contribution in [1.82, 2.24) is 34.4 Å². The van der Waals surface area contributed by atoms with Gasteiger partial charge in [-0.1, -0.05) is 6.07 Å². The van der Waals surface area contributed by atoms with Crippen molar-refractivity contribution in [3.8, 4) is 39.8 Å². The zero-order valence-corrected chi connectivity index (χ0v) is 24.4. The lowest BCUT2D eigenvalue weighted by molar-refractivity contribution is 0.0700. The summed E-state index contributed by atoms with van der Waals surface area (Å²) < 4.78 is 12.2. The Morgan fingerprint density at radius 3 is 2.34 bits per heavy atom. The highest BCUT2D eigenvalue weighted by Crippen LogP contribution is 2.36. The van der Waals surface area contributed by atoms with Gasteiger partial charge in [0, 0.05) is 54.3 Å². The second-order valence-electron chi connectivity index (χ2n) is 10.4. The van der Waals surface area contributed by atoms with Crippen molar-refractivity contribution in [3.05, 3.63) is 72.1 Å². The number of amides is 1. The fourth-order valence-electron chi connectivity index (χ4n) is 5.60. The van der Waals surface area contributed by atoms with Crippen LogP contribution in [-0.4, -0.2) is 78.6 Å². The van der Waals surface area contributed by atoms with Crippen molar-refractivity contribution < 1.29 is 24.2 Å². The Morgan fingerprint density at radius 1 is 0.955 bits per heavy atom. The lowest BCUT2D eigenvalue weighted by Crippen LogP contribution is -2.39. The van der Waals surface area contributed by atoms with Gasteiger partial charge in [-0.2, -0.15) is 9.61 Å². The zero-order chi connectivity index (χ0) is 31.0. The van der Waals surface area contributed by atoms with Gasteiger partial charge in [-0.15, -0.1) is 0 Å². The SMILES string of the molecule is COc1ccc(-c2ccc(-c3cnn4c(N)c(C(C)=O)c(C5CCN(C(=O)c6nccnc6O)CC5)nc34)cn2)cc1OC. The molecule has 1 amide bonds. The van der Waals surface area contributed by atoms with Crippen LogP contribution in [0.25, 0.3) is 28.0 Å². The van der Waals surface area contributed by atoms with E-state index in [4.69, 9.17) is 20.2 Å². The summed E-state index contributed by atoms with van der Waals surface area (Å²) in [5, 5.41) is 14.4. The van der Waals surface area contributed by atoms with Crippen LogP contribution in [-0.2, 0) is 0 Å². The number of benzene rings is 1. The number of hydrogen-bond donors (Lipinski definition) is 2. The molecule has 13 nitrogen and oxygen atoms in total. The highest BCUT2D eigenvalue weighted by atomic mass is 16.5. The molecule has 3 N–H and O–H groups in total. The molecule has 44 heavy (non-hydrogen) atoms. The Balaban J connectivity index is 1.31. The molecule has 0 atom stereocenters. The third-order valence-electron chi connectivity index (χ3n) is 7.87. The van der Waals surface area contributed by atoms with Crippen molar-refractivity contribution in [2.24, 2.45) is 0 Å². The lowest BCUT2D eigenvalue weighted by atomic mass is 9.89. The number of likely N-dealkylation sites (tertiary alicyclic amines) is 1. The number of carbonyl (C=O) groups excluding carboxylic acids is 2. The number of anilines is 1. The van der Waals surface area contributed by atoms with Crippen molar-refractivity contribution in [3.63, 3.8) is 0 Å². The number of nitrogens with zero attached hydrogens (tertiary/aromatic N) is 7. The molecule has 5 heterocycles. The number of nitrogens with two attached hydrogens (primary N) is 1. The van der Waals surface area contributed by atoms with E-state index in [0.29, 0.717) is 59.9 Å². The first-order valence-electron chi connectivity index (χ1n) is 14.0. The highest BCUT2D eigenvalue weighted by Gasteiger charge is 2.31. The summed E-state index contributed by atoms with van der Waals surface area (Å²) >= 11 is 0. The Morgan fingerprint density at radius 2 is 1.68 bits per heavy atom. The first-order chi connectivity index (χ1) is 21.3. The molecule has 0 aliphatic carbocycles. The number of piperidine rings is 1. The summed E-state index contributed by atoms with van der Waals surface area (Å²) in [7, 11) is 3.17. The molecule has 0 radical (unpaired) electrons. The van der Waals surface area contributed by atoms with Gasteiger partial charge in [-0.3, -0.25) is 14.6 Å². The number of carbonyl (C=O) groups is 2. The van der Waals surface area contributed by atoms with E-state index in [1.807, 2.05) is 30.3 Å². The minimum absolute atomic E-state index is 0.0891. The number of hydrogen-bond acceptors (Lipinski definition) is 11. The Kier molecular flexibility index (Phi) is 7.51. The molecular weight excluding hydrogens is 564 g/mol. The lowest BCUT2D eigenvalue weighted by Gasteiger charge is -2.32. The van der Waals surface area contributed by atoms with Crippen LogP contribution in [0.1, 0.15) is 52.2 Å². The van der Waals surface area contributed by atoms with E-state index in [1.54, 1.807) is 31.5 Å². The first-order valence-corrected chi connectivity index (χ1v) is 14.0. The van der Waals surface area contributed by atoms with Crippen LogP contribution in [0, 0.1) is 0 Å². The molecule has 0 unspecified atom stereocenters. The Hall–Kier alpha value is -5.59. The summed E-state index contributed by atoms with van der Waals surface area (Å²) in [6.07, 6.45) is 7.17. The number of aromatic nitrogens is 6. The van der Waals surface area contributed by atoms with E-state index in [-0.39, 0.29) is 23.2 Å². The van der Waals surface area contributed by atoms with Crippen molar-refractivity contribution in [2.75, 3.05) is 33.0 Å². The summed E-state index contributed by atoms with van der Waals surface area (Å²) in [5.41, 5.74) is 11.0. The molecule has 1 saturated heterocycles. The number of nitrogen functional groups attached to an aromatic ring is 1. The predicted octanol–water partition coefficient (Wildman–Crippen LogP) is 3.78. The van der Waals surface area contributed by atoms with Crippen LogP contribution in [0.2, 0.25) is 0 Å². The van der Waals surface area contributed by atoms with Gasteiger partial charge < -0.3 is 25.2 Å². The maximum absolute atomic E-state index is 13.0. The molecule has 1 aliphatic heterocycles. The Labute approximate surface area is 252 Å². The van der Waals surface area contributed by atoms with Gasteiger partial charge in [-0.05, 0) is 44.0 Å². The number of fused-ring (bicyclic) bond motifs is 1. The third-order valence-corrected chi connectivity index (χ3v) is 7.87. The fraction of sp³-hybridized carbons (Fsp3) is 0.258. The van der Waals surface area contributed by atoms with E-state index >= 15 is 0 Å². The maximum Gasteiger partial charge on any atom is 0.278 e. The number of aromatic hydroxyl groups is 1. The van der Waals surface area contributed by atoms with Crippen LogP contribution in [0.4, 0.5) is 5.82 Å². The molecule has 4 aromatic heterocycles. The largest absolute Gasteiger partial charge is 0.493 e. The van der Waals surface area contributed by atoms with E-state index in [2.05, 4.69) is 20.1 Å². The van der Waals surface area contributed by atoms with Gasteiger partial charge in [0.05, 0.1) is 37.4 Å². The van der Waals surface area contributed by atoms with Crippen LogP contribution < -0.4 is 15.2 Å². The predicted molar refractivity (Wildman–Crippen MR) is 161 cm³/mol. The average Bonchev–Trinajstić information content (AvgIpc) is 3.48. The summed E-state index contributed by atoms with van der Waals surface area (Å²) in [5.74, 6) is 0.298. The first kappa shape index (κ1) is 28.5. The molecule has 224 valence electrons. The van der Waals surface area contributed by atoms with E-state index in [1.165, 1.54) is 23.8 Å². The zero-order valence-electron chi connectivity index (χ0n) is 24.4. The summed E-state index contributed by atoms with van der Waals surface area (Å²) in [4.78, 5) is 44.7. The smallest absolute Gasteiger partial charge is 0.278 e. The van der Waals surface area contributed by atoms with Gasteiger partial charge in [0.2, 0.25) is 5.88 Å². The molecule has 6 rings (SSSR count). The van der Waals surface area contributed by atoms with Gasteiger partial charge in [-0.25, -0.2) is 15.0 Å². The van der Waals surface area contributed by atoms with Gasteiger partial charge in [0.1, 0.15) is 5.82 Å². The van der Waals surface area contributed by atoms with Crippen molar-refractivity contribution >= 4 is 23.2 Å². The van der Waals surface area contributed by atoms with E-state index < -0.39 is 11.8 Å². The second-order valence-corrected chi connectivity index (χ2v) is 10.4. The van der Waals surface area contributed by atoms with Gasteiger partial charge in [0.25, 0.3) is 5.91 Å². The number of rotatable bonds is 7. The molecule has 1 aliphatic rings. The van der Waals surface area contributed by atoms with Crippen LogP contribution in [0.3, 0.4) is 0 Å². The van der Waals surface area contributed by atoms with Gasteiger partial charge in [0.15, 0.2) is 28.6 Å². The fourth-order valence-corrected chi connectivity index (χ4v) is 5.60. The van der Waals surface area contributed by atoms with Crippen molar-refractivity contribution in [1.29, 1.82) is 0 Å². The average molecular weight is 595 g/mol. The molecule has 1 aromatic carbocycles. The van der Waals surface area contributed by atoms with Crippen LogP contribution in [0.5, 0.6) is 17.4 Å². The normalized spacial score (nSPS) is 13.7. The summed E-state index contributed by atoms with van der Waals surface area (Å²) in [6.45, 7) is 2.23. The maximum atomic E-state index is 13.0. The standard InChI is InChI=1S/C31H30N8O5/c1-17(40)25-26(18-8-12-38(13-9-18)31(42)27-30(41)34-11-10-33-27)37-29-21(16-36-39(29)28(25)32)20-4-6-22(35-15-20)19-5-7-23(43-2)24(14-19)44-3/h4-7,10-11,14-16,18H,8-9,12-13,32H2,1-3H3,(H,34,41). The number of ketones is 1. The molecule has 1 fully saturated rings. The number of pyridine rings is 1. The monoisotopic (exact) mass is 594 g/mol. The number of Topliss-reactive ketones (excluding diaryl/α,β-unsaturated/α-hetero) is 1. The number of methoxy groups -OCH3 is 2. The summed E-state index contributed by atoms with van der Waals surface area (Å²) in [6, 6.07) is 9.43. The third kappa shape index (κ3) is 5.02.